The molecular weight excluding hydrogens is 268 g/mol. The predicted octanol–water partition coefficient (Wildman–Crippen LogP) is -0.193. The number of nitrogens with zero attached hydrogens (tertiary/aromatic N) is 1. The molecule has 2 amide bonds. The SMILES string of the molecule is CCCN(CC(=O)OCC)C(=O)N[C@H](CCO)C(=O)O. The lowest BCUT2D eigenvalue weighted by Gasteiger charge is -2.23. The van der Waals surface area contributed by atoms with Crippen LogP contribution < -0.4 is 5.32 Å². The maximum absolute atomic E-state index is 11.9. The van der Waals surface area contributed by atoms with Crippen molar-refractivity contribution in [2.75, 3.05) is 26.3 Å². The second-order valence-electron chi connectivity index (χ2n) is 4.08. The summed E-state index contributed by atoms with van der Waals surface area (Å²) >= 11 is 0. The first-order valence-electron chi connectivity index (χ1n) is 6.50. The van der Waals surface area contributed by atoms with Gasteiger partial charge < -0.3 is 25.2 Å². The van der Waals surface area contributed by atoms with Crippen LogP contribution in [0.2, 0.25) is 0 Å². The van der Waals surface area contributed by atoms with Crippen LogP contribution in [0.15, 0.2) is 0 Å². The van der Waals surface area contributed by atoms with E-state index in [1.165, 1.54) is 4.90 Å². The van der Waals surface area contributed by atoms with E-state index in [0.717, 1.165) is 0 Å². The third-order valence-electron chi connectivity index (χ3n) is 2.42. The molecule has 0 spiro atoms. The van der Waals surface area contributed by atoms with Gasteiger partial charge in [0, 0.05) is 19.6 Å². The summed E-state index contributed by atoms with van der Waals surface area (Å²) in [5, 5.41) is 19.9. The standard InChI is InChI=1S/C12H22N2O6/c1-3-6-14(8-10(16)20-4-2)12(19)13-9(5-7-15)11(17)18/h9,15H,3-8H2,1-2H3,(H,13,19)(H,17,18)/t9-/m1/s1. The van der Waals surface area contributed by atoms with Crippen LogP contribution in [0.3, 0.4) is 0 Å². The molecule has 0 aromatic rings. The van der Waals surface area contributed by atoms with Gasteiger partial charge in [-0.15, -0.1) is 0 Å². The number of esters is 1. The molecule has 0 aliphatic carbocycles. The van der Waals surface area contributed by atoms with Crippen LogP contribution in [0.5, 0.6) is 0 Å². The Morgan fingerprint density at radius 3 is 2.40 bits per heavy atom. The lowest BCUT2D eigenvalue weighted by Crippen LogP contribution is -2.50. The predicted molar refractivity (Wildman–Crippen MR) is 70.2 cm³/mol. The third kappa shape index (κ3) is 6.93. The Hall–Kier alpha value is -1.83. The highest BCUT2D eigenvalue weighted by molar-refractivity contribution is 5.85. The van der Waals surface area contributed by atoms with Crippen LogP contribution in [0.25, 0.3) is 0 Å². The Balaban J connectivity index is 4.61. The van der Waals surface area contributed by atoms with E-state index >= 15 is 0 Å². The number of carbonyl (C=O) groups is 3. The van der Waals surface area contributed by atoms with Crippen molar-refractivity contribution in [3.05, 3.63) is 0 Å². The fraction of sp³-hybridized carbons (Fsp3) is 0.750. The Kier molecular flexibility index (Phi) is 9.10. The number of ether oxygens (including phenoxy) is 1. The number of carboxylic acid groups (broad SMARTS) is 1. The number of carbonyl (C=O) groups excluding carboxylic acids is 2. The molecule has 0 aliphatic heterocycles. The molecule has 0 aliphatic rings. The van der Waals surface area contributed by atoms with Crippen LogP contribution in [0.1, 0.15) is 26.7 Å². The zero-order valence-electron chi connectivity index (χ0n) is 11.8. The van der Waals surface area contributed by atoms with Crippen molar-refractivity contribution in [1.82, 2.24) is 10.2 Å². The van der Waals surface area contributed by atoms with E-state index in [1.54, 1.807) is 6.92 Å². The number of nitrogens with one attached hydrogen (secondary N) is 1. The van der Waals surface area contributed by atoms with Gasteiger partial charge in [0.25, 0.3) is 0 Å². The van der Waals surface area contributed by atoms with Gasteiger partial charge in [-0.2, -0.15) is 0 Å². The van der Waals surface area contributed by atoms with Crippen LogP contribution in [-0.4, -0.2) is 65.4 Å². The Morgan fingerprint density at radius 1 is 1.30 bits per heavy atom. The molecule has 3 N–H and O–H groups in total. The van der Waals surface area contributed by atoms with Gasteiger partial charge in [0.2, 0.25) is 0 Å². The number of aliphatic carboxylic acids is 1. The van der Waals surface area contributed by atoms with Crippen molar-refractivity contribution >= 4 is 18.0 Å². The molecule has 1 atom stereocenters. The molecular formula is C12H22N2O6. The second-order valence-corrected chi connectivity index (χ2v) is 4.08. The summed E-state index contributed by atoms with van der Waals surface area (Å²) in [6.07, 6.45) is 0.519. The molecule has 0 aromatic heterocycles. The van der Waals surface area contributed by atoms with Gasteiger partial charge in [-0.05, 0) is 13.3 Å². The van der Waals surface area contributed by atoms with Crippen LogP contribution in [-0.2, 0) is 14.3 Å². The molecule has 0 saturated carbocycles. The molecule has 0 saturated heterocycles. The smallest absolute Gasteiger partial charge is 0.326 e. The summed E-state index contributed by atoms with van der Waals surface area (Å²) in [4.78, 5) is 35.4. The molecule has 0 heterocycles. The van der Waals surface area contributed by atoms with Gasteiger partial charge >= 0.3 is 18.0 Å². The topological polar surface area (TPSA) is 116 Å². The Labute approximate surface area is 117 Å². The number of urea groups is 1. The normalized spacial score (nSPS) is 11.6. The minimum Gasteiger partial charge on any atom is -0.480 e. The Morgan fingerprint density at radius 2 is 1.95 bits per heavy atom. The number of rotatable bonds is 9. The van der Waals surface area contributed by atoms with Gasteiger partial charge in [0.15, 0.2) is 0 Å². The molecule has 0 rings (SSSR count). The van der Waals surface area contributed by atoms with Crippen molar-refractivity contribution in [1.29, 1.82) is 0 Å². The van der Waals surface area contributed by atoms with Gasteiger partial charge in [0.05, 0.1) is 6.61 Å². The third-order valence-corrected chi connectivity index (χ3v) is 2.42. The first-order valence-corrected chi connectivity index (χ1v) is 6.50. The van der Waals surface area contributed by atoms with Gasteiger partial charge in [-0.25, -0.2) is 9.59 Å². The fourth-order valence-corrected chi connectivity index (χ4v) is 1.51. The van der Waals surface area contributed by atoms with E-state index in [2.05, 4.69) is 5.32 Å². The molecule has 0 fully saturated rings. The zero-order valence-corrected chi connectivity index (χ0v) is 11.8. The van der Waals surface area contributed by atoms with E-state index in [0.29, 0.717) is 13.0 Å². The molecule has 0 unspecified atom stereocenters. The highest BCUT2D eigenvalue weighted by atomic mass is 16.5. The summed E-state index contributed by atoms with van der Waals surface area (Å²) in [5.74, 6) is -1.79. The quantitative estimate of drug-likeness (QED) is 0.507. The summed E-state index contributed by atoms with van der Waals surface area (Å²) in [6.45, 7) is 3.40. The molecule has 0 aromatic carbocycles. The van der Waals surface area contributed by atoms with E-state index < -0.39 is 24.0 Å². The summed E-state index contributed by atoms with van der Waals surface area (Å²) in [7, 11) is 0. The first-order chi connectivity index (χ1) is 9.46. The highest BCUT2D eigenvalue weighted by Crippen LogP contribution is 1.98. The zero-order chi connectivity index (χ0) is 15.5. The molecule has 0 radical (unpaired) electrons. The van der Waals surface area contributed by atoms with Gasteiger partial charge in [-0.3, -0.25) is 4.79 Å². The van der Waals surface area contributed by atoms with E-state index in [9.17, 15) is 14.4 Å². The fourth-order valence-electron chi connectivity index (χ4n) is 1.51. The number of aliphatic hydroxyl groups is 1. The van der Waals surface area contributed by atoms with E-state index in [1.807, 2.05) is 6.92 Å². The number of hydrogen-bond donors (Lipinski definition) is 3. The summed E-state index contributed by atoms with van der Waals surface area (Å²) in [5.41, 5.74) is 0. The van der Waals surface area contributed by atoms with Crippen molar-refractivity contribution in [3.8, 4) is 0 Å². The summed E-state index contributed by atoms with van der Waals surface area (Å²) < 4.78 is 4.75. The van der Waals surface area contributed by atoms with Crippen LogP contribution in [0.4, 0.5) is 4.79 Å². The minimum absolute atomic E-state index is 0.0968. The van der Waals surface area contributed by atoms with E-state index in [4.69, 9.17) is 14.9 Å². The van der Waals surface area contributed by atoms with Crippen LogP contribution in [0, 0.1) is 0 Å². The molecule has 20 heavy (non-hydrogen) atoms. The van der Waals surface area contributed by atoms with Crippen molar-refractivity contribution < 1.29 is 29.3 Å². The number of aliphatic hydroxyl groups excluding tert-OH is 1. The van der Waals surface area contributed by atoms with Crippen molar-refractivity contribution in [3.63, 3.8) is 0 Å². The molecule has 8 nitrogen and oxygen atoms in total. The van der Waals surface area contributed by atoms with E-state index in [-0.39, 0.29) is 26.2 Å². The average molecular weight is 290 g/mol. The van der Waals surface area contributed by atoms with Gasteiger partial charge in [0.1, 0.15) is 12.6 Å². The summed E-state index contributed by atoms with van der Waals surface area (Å²) in [6, 6.07) is -1.85. The maximum Gasteiger partial charge on any atom is 0.326 e. The molecule has 8 heteroatoms. The maximum atomic E-state index is 11.9. The lowest BCUT2D eigenvalue weighted by atomic mass is 10.2. The molecule has 0 bridgehead atoms. The monoisotopic (exact) mass is 290 g/mol. The van der Waals surface area contributed by atoms with Crippen molar-refractivity contribution in [2.24, 2.45) is 0 Å². The van der Waals surface area contributed by atoms with Crippen molar-refractivity contribution in [2.45, 2.75) is 32.7 Å². The second kappa shape index (κ2) is 10.0. The van der Waals surface area contributed by atoms with Gasteiger partial charge in [-0.1, -0.05) is 6.92 Å². The average Bonchev–Trinajstić information content (AvgIpc) is 2.37. The largest absolute Gasteiger partial charge is 0.480 e. The first kappa shape index (κ1) is 18.2. The number of hydrogen-bond acceptors (Lipinski definition) is 5. The van der Waals surface area contributed by atoms with Crippen LogP contribution >= 0.6 is 0 Å². The number of carboxylic acids is 1. The highest BCUT2D eigenvalue weighted by Gasteiger charge is 2.23. The number of amides is 2. The minimum atomic E-state index is -1.24. The lowest BCUT2D eigenvalue weighted by molar-refractivity contribution is -0.143. The Bertz CT molecular complexity index is 334. The molecule has 116 valence electrons.